The lowest BCUT2D eigenvalue weighted by Crippen LogP contribution is -2.43. The van der Waals surface area contributed by atoms with Gasteiger partial charge in [-0.15, -0.1) is 12.4 Å². The van der Waals surface area contributed by atoms with Crippen LogP contribution in [-0.2, 0) is 24.1 Å². The van der Waals surface area contributed by atoms with E-state index in [4.69, 9.17) is 5.11 Å². The number of unbranched alkanes of at least 4 members (excludes halogenated alkanes) is 1. The molecule has 3 rings (SSSR count). The maximum absolute atomic E-state index is 14.6. The Morgan fingerprint density at radius 2 is 1.73 bits per heavy atom. The van der Waals surface area contributed by atoms with Gasteiger partial charge in [0.25, 0.3) is 0 Å². The number of halogens is 3. The Bertz CT molecular complexity index is 926. The number of aliphatic carboxylic acids is 1. The fraction of sp³-hybridized carbons (Fsp3) is 0.500. The summed E-state index contributed by atoms with van der Waals surface area (Å²) in [5.41, 5.74) is 2.68. The van der Waals surface area contributed by atoms with Crippen LogP contribution in [0.3, 0.4) is 0 Å². The Morgan fingerprint density at radius 3 is 2.33 bits per heavy atom. The molecule has 4 nitrogen and oxygen atoms in total. The second-order valence-electron chi connectivity index (χ2n) is 9.57. The van der Waals surface area contributed by atoms with Gasteiger partial charge in [-0.3, -0.25) is 4.79 Å². The van der Waals surface area contributed by atoms with E-state index < -0.39 is 23.7 Å². The normalized spacial score (nSPS) is 14.6. The van der Waals surface area contributed by atoms with E-state index in [2.05, 4.69) is 43.4 Å². The van der Waals surface area contributed by atoms with Crippen LogP contribution in [0.1, 0.15) is 67.9 Å². The number of aliphatic hydroxyl groups is 1. The summed E-state index contributed by atoms with van der Waals surface area (Å²) in [6, 6.07) is 11.4. The molecule has 1 aliphatic rings. The Kier molecular flexibility index (Phi) is 9.83. The summed E-state index contributed by atoms with van der Waals surface area (Å²) in [6.07, 6.45) is 2.98. The maximum atomic E-state index is 14.6. The van der Waals surface area contributed by atoms with E-state index in [1.165, 1.54) is 23.3 Å². The molecule has 0 radical (unpaired) electrons. The summed E-state index contributed by atoms with van der Waals surface area (Å²) in [6.45, 7) is 4.26. The summed E-state index contributed by atoms with van der Waals surface area (Å²) in [4.78, 5) is 10.6. The van der Waals surface area contributed by atoms with Crippen molar-refractivity contribution >= 4 is 18.4 Å². The summed E-state index contributed by atoms with van der Waals surface area (Å²) in [5, 5.41) is 22.5. The number of fused-ring (bicyclic) bond motifs is 1. The molecule has 0 aromatic heterocycles. The highest BCUT2D eigenvalue weighted by Gasteiger charge is 2.29. The van der Waals surface area contributed by atoms with Gasteiger partial charge in [0.2, 0.25) is 0 Å². The van der Waals surface area contributed by atoms with E-state index in [0.29, 0.717) is 18.8 Å². The van der Waals surface area contributed by atoms with Crippen LogP contribution in [0, 0.1) is 17.6 Å². The highest BCUT2D eigenvalue weighted by molar-refractivity contribution is 5.85. The number of aryl methyl sites for hydroxylation is 1. The first kappa shape index (κ1) is 27.2. The topological polar surface area (TPSA) is 69.6 Å². The van der Waals surface area contributed by atoms with Gasteiger partial charge in [0.05, 0.1) is 6.10 Å². The largest absolute Gasteiger partial charge is 0.481 e. The minimum Gasteiger partial charge on any atom is -0.481 e. The molecule has 7 heteroatoms. The molecule has 1 aliphatic carbocycles. The molecule has 0 fully saturated rings. The molecular formula is C26H34ClF2NO3. The lowest BCUT2D eigenvalue weighted by atomic mass is 9.88. The van der Waals surface area contributed by atoms with Crippen molar-refractivity contribution in [3.63, 3.8) is 0 Å². The predicted octanol–water partition coefficient (Wildman–Crippen LogP) is 5.39. The van der Waals surface area contributed by atoms with E-state index in [0.717, 1.165) is 19.3 Å². The van der Waals surface area contributed by atoms with Crippen molar-refractivity contribution in [2.75, 3.05) is 6.54 Å². The van der Waals surface area contributed by atoms with E-state index in [1.807, 2.05) is 0 Å². The van der Waals surface area contributed by atoms with Crippen molar-refractivity contribution in [3.8, 4) is 0 Å². The molecule has 0 aliphatic heterocycles. The standard InChI is InChI=1S/C26H33F2NO3.ClH/c1-26(2,15-17-13-19-8-3-4-9-20(19)14-17)29-16-22(30)21-12-11-18(24(27)25(21)28)7-5-6-10-23(31)32;/h3-4,8-9,11-12,17,22,29-30H,5-7,10,13-16H2,1-2H3,(H,31,32);1H/t22-;/m1./s1. The van der Waals surface area contributed by atoms with Crippen molar-refractivity contribution in [1.29, 1.82) is 0 Å². The van der Waals surface area contributed by atoms with Gasteiger partial charge in [0.15, 0.2) is 11.6 Å². The fourth-order valence-corrected chi connectivity index (χ4v) is 4.72. The molecule has 3 N–H and O–H groups in total. The third-order valence-electron chi connectivity index (χ3n) is 6.35. The number of carboxylic acid groups (broad SMARTS) is 1. The summed E-state index contributed by atoms with van der Waals surface area (Å²) in [7, 11) is 0. The molecule has 0 heterocycles. The number of hydrogen-bond donors (Lipinski definition) is 3. The summed E-state index contributed by atoms with van der Waals surface area (Å²) >= 11 is 0. The smallest absolute Gasteiger partial charge is 0.303 e. The zero-order valence-electron chi connectivity index (χ0n) is 19.2. The highest BCUT2D eigenvalue weighted by Crippen LogP contribution is 2.32. The number of hydrogen-bond acceptors (Lipinski definition) is 3. The van der Waals surface area contributed by atoms with Crippen LogP contribution in [0.5, 0.6) is 0 Å². The number of carboxylic acids is 1. The van der Waals surface area contributed by atoms with Crippen LogP contribution in [0.25, 0.3) is 0 Å². The van der Waals surface area contributed by atoms with Gasteiger partial charge in [-0.25, -0.2) is 8.78 Å². The average Bonchev–Trinajstić information content (AvgIpc) is 3.13. The monoisotopic (exact) mass is 481 g/mol. The van der Waals surface area contributed by atoms with Gasteiger partial charge >= 0.3 is 5.97 Å². The van der Waals surface area contributed by atoms with Crippen molar-refractivity contribution in [1.82, 2.24) is 5.32 Å². The number of aliphatic hydroxyl groups excluding tert-OH is 1. The van der Waals surface area contributed by atoms with E-state index in [-0.39, 0.29) is 48.5 Å². The summed E-state index contributed by atoms with van der Waals surface area (Å²) < 4.78 is 29.1. The number of nitrogens with one attached hydrogen (secondary N) is 1. The minimum absolute atomic E-state index is 0. The van der Waals surface area contributed by atoms with Crippen molar-refractivity contribution in [3.05, 3.63) is 70.3 Å². The van der Waals surface area contributed by atoms with Crippen LogP contribution in [0.15, 0.2) is 36.4 Å². The SMILES string of the molecule is CC(C)(CC1Cc2ccccc2C1)NC[C@@H](O)c1ccc(CCCCC(=O)O)c(F)c1F.Cl. The second kappa shape index (κ2) is 11.9. The van der Waals surface area contributed by atoms with E-state index >= 15 is 0 Å². The first-order valence-corrected chi connectivity index (χ1v) is 11.3. The number of carbonyl (C=O) groups is 1. The summed E-state index contributed by atoms with van der Waals surface area (Å²) in [5.74, 6) is -2.37. The Hall–Kier alpha value is -2.02. The molecule has 2 aromatic carbocycles. The van der Waals surface area contributed by atoms with Crippen molar-refractivity contribution in [2.24, 2.45) is 5.92 Å². The minimum atomic E-state index is -1.16. The van der Waals surface area contributed by atoms with Gasteiger partial charge in [-0.1, -0.05) is 36.4 Å². The van der Waals surface area contributed by atoms with Crippen LogP contribution >= 0.6 is 12.4 Å². The van der Waals surface area contributed by atoms with E-state index in [9.17, 15) is 18.7 Å². The van der Waals surface area contributed by atoms with Crippen molar-refractivity contribution in [2.45, 2.75) is 70.4 Å². The molecule has 0 saturated carbocycles. The van der Waals surface area contributed by atoms with Gasteiger partial charge in [-0.2, -0.15) is 0 Å². The first-order valence-electron chi connectivity index (χ1n) is 11.3. The Balaban J connectivity index is 0.00000385. The Morgan fingerprint density at radius 1 is 1.09 bits per heavy atom. The van der Waals surface area contributed by atoms with Crippen LogP contribution in [-0.4, -0.2) is 28.3 Å². The molecule has 0 bridgehead atoms. The van der Waals surface area contributed by atoms with Gasteiger partial charge in [0.1, 0.15) is 0 Å². The lowest BCUT2D eigenvalue weighted by molar-refractivity contribution is -0.137. The molecule has 0 unspecified atom stereocenters. The molecule has 0 amide bonds. The molecule has 0 saturated heterocycles. The molecular weight excluding hydrogens is 448 g/mol. The third kappa shape index (κ3) is 7.49. The van der Waals surface area contributed by atoms with Gasteiger partial charge in [-0.05, 0) is 75.0 Å². The van der Waals surface area contributed by atoms with Gasteiger partial charge in [0, 0.05) is 24.1 Å². The zero-order chi connectivity index (χ0) is 23.3. The molecule has 2 aromatic rings. The number of β-amino-alcohol motifs (C(OH)–C–C–N with tert-alkyl or cyclic N) is 1. The van der Waals surface area contributed by atoms with Crippen LogP contribution < -0.4 is 5.32 Å². The van der Waals surface area contributed by atoms with Crippen molar-refractivity contribution < 1.29 is 23.8 Å². The number of benzene rings is 2. The first-order chi connectivity index (χ1) is 15.2. The fourth-order valence-electron chi connectivity index (χ4n) is 4.72. The third-order valence-corrected chi connectivity index (χ3v) is 6.35. The quantitative estimate of drug-likeness (QED) is 0.376. The second-order valence-corrected chi connectivity index (χ2v) is 9.57. The van der Waals surface area contributed by atoms with Crippen LogP contribution in [0.2, 0.25) is 0 Å². The predicted molar refractivity (Wildman–Crippen MR) is 128 cm³/mol. The number of rotatable bonds is 11. The molecule has 0 spiro atoms. The van der Waals surface area contributed by atoms with E-state index in [1.54, 1.807) is 0 Å². The van der Waals surface area contributed by atoms with Gasteiger partial charge < -0.3 is 15.5 Å². The average molecular weight is 482 g/mol. The molecule has 1 atom stereocenters. The zero-order valence-corrected chi connectivity index (χ0v) is 20.1. The maximum Gasteiger partial charge on any atom is 0.303 e. The lowest BCUT2D eigenvalue weighted by Gasteiger charge is -2.30. The molecule has 182 valence electrons. The molecule has 33 heavy (non-hydrogen) atoms. The van der Waals surface area contributed by atoms with Crippen LogP contribution in [0.4, 0.5) is 8.78 Å². The highest BCUT2D eigenvalue weighted by atomic mass is 35.5. The Labute approximate surface area is 200 Å².